The van der Waals surface area contributed by atoms with Crippen molar-refractivity contribution in [3.8, 4) is 51.0 Å². The van der Waals surface area contributed by atoms with Crippen LogP contribution in [0.25, 0.3) is 22.3 Å². The molecule has 13 heteroatoms. The van der Waals surface area contributed by atoms with Crippen LogP contribution in [0, 0.1) is 0 Å². The molecule has 0 aliphatic carbocycles. The molecule has 0 heterocycles. The predicted molar refractivity (Wildman–Crippen MR) is 168 cm³/mol. The number of hydrogen-bond acceptors (Lipinski definition) is 11. The van der Waals surface area contributed by atoms with E-state index in [1.807, 2.05) is 30.3 Å². The van der Waals surface area contributed by atoms with Gasteiger partial charge < -0.3 is 27.3 Å². The van der Waals surface area contributed by atoms with Crippen LogP contribution in [0.4, 0.5) is 0 Å². The molecule has 45 heavy (non-hydrogen) atoms. The van der Waals surface area contributed by atoms with Gasteiger partial charge in [0.1, 0.15) is 19.0 Å². The Morgan fingerprint density at radius 3 is 1.89 bits per heavy atom. The van der Waals surface area contributed by atoms with E-state index in [2.05, 4.69) is 0 Å². The number of Topliss-reactive ketones (excluding diaryl/α,β-unsaturated/α-hetero) is 1. The van der Waals surface area contributed by atoms with E-state index in [0.29, 0.717) is 16.7 Å². The molecular weight excluding hydrogens is 624 g/mol. The maximum absolute atomic E-state index is 12.5. The number of ether oxygens (including phenoxy) is 4. The number of hydrogen-bond donors (Lipinski definition) is 0. The lowest BCUT2D eigenvalue weighted by Gasteiger charge is -2.21. The van der Waals surface area contributed by atoms with E-state index in [1.165, 1.54) is 33.5 Å². The summed E-state index contributed by atoms with van der Waals surface area (Å²) in [6, 6.07) is 21.9. The monoisotopic (exact) mass is 656 g/mol. The van der Waals surface area contributed by atoms with Crippen LogP contribution in [-0.4, -0.2) is 63.1 Å². The fourth-order valence-corrected chi connectivity index (χ4v) is 5.41. The Balaban J connectivity index is 1.90. The third kappa shape index (κ3) is 8.53. The Labute approximate surface area is 262 Å². The van der Waals surface area contributed by atoms with Crippen LogP contribution in [0.5, 0.6) is 28.7 Å². The third-order valence-corrected chi connectivity index (χ3v) is 7.31. The number of carbonyl (C=O) groups excluding carboxylic acids is 1. The second-order valence-electron chi connectivity index (χ2n) is 9.81. The number of benzene rings is 4. The summed E-state index contributed by atoms with van der Waals surface area (Å²) in [4.78, 5) is 12.3. The average Bonchev–Trinajstić information content (AvgIpc) is 2.99. The number of methoxy groups -OCH3 is 3. The Bertz CT molecular complexity index is 1890. The highest BCUT2D eigenvalue weighted by molar-refractivity contribution is 7.86. The largest absolute Gasteiger partial charge is 0.496 e. The van der Waals surface area contributed by atoms with Crippen LogP contribution < -0.4 is 22.6 Å². The van der Waals surface area contributed by atoms with E-state index < -0.39 is 20.2 Å². The van der Waals surface area contributed by atoms with Gasteiger partial charge in [0, 0.05) is 18.2 Å². The van der Waals surface area contributed by atoms with Gasteiger partial charge in [0.15, 0.2) is 28.8 Å². The first-order valence-corrected chi connectivity index (χ1v) is 17.0. The molecule has 0 bridgehead atoms. The molecule has 0 radical (unpaired) electrons. The maximum Gasteiger partial charge on any atom is 0.306 e. The fourth-order valence-electron chi connectivity index (χ4n) is 4.50. The lowest BCUT2D eigenvalue weighted by Crippen LogP contribution is -2.10. The van der Waals surface area contributed by atoms with Crippen LogP contribution in [-0.2, 0) is 31.6 Å². The molecule has 4 rings (SSSR count). The summed E-state index contributed by atoms with van der Waals surface area (Å²) in [6.45, 7) is 0.0447. The van der Waals surface area contributed by atoms with Gasteiger partial charge >= 0.3 is 20.2 Å². The number of rotatable bonds is 14. The van der Waals surface area contributed by atoms with Crippen LogP contribution in [0.2, 0.25) is 0 Å². The molecule has 0 fully saturated rings. The molecule has 4 aromatic carbocycles. The minimum atomic E-state index is -4.12. The summed E-state index contributed by atoms with van der Waals surface area (Å²) in [7, 11) is -3.96. The van der Waals surface area contributed by atoms with Gasteiger partial charge in [0.25, 0.3) is 0 Å². The molecule has 238 valence electrons. The van der Waals surface area contributed by atoms with Crippen molar-refractivity contribution in [1.29, 1.82) is 0 Å². The Hall–Kier alpha value is -4.59. The molecule has 0 N–H and O–H groups in total. The predicted octanol–water partition coefficient (Wildman–Crippen LogP) is 5.12. The summed E-state index contributed by atoms with van der Waals surface area (Å²) < 4.78 is 82.4. The quantitative estimate of drug-likeness (QED) is 0.132. The summed E-state index contributed by atoms with van der Waals surface area (Å²) in [6.07, 6.45) is 1.77. The van der Waals surface area contributed by atoms with Crippen molar-refractivity contribution in [1.82, 2.24) is 0 Å². The molecule has 0 unspecified atom stereocenters. The highest BCUT2D eigenvalue weighted by atomic mass is 32.2. The van der Waals surface area contributed by atoms with Gasteiger partial charge in [-0.1, -0.05) is 60.7 Å². The zero-order valence-electron chi connectivity index (χ0n) is 25.2. The third-order valence-electron chi connectivity index (χ3n) is 6.36. The van der Waals surface area contributed by atoms with Crippen molar-refractivity contribution < 1.29 is 48.9 Å². The number of carbonyl (C=O) groups is 1. The second kappa shape index (κ2) is 14.0. The highest BCUT2D eigenvalue weighted by Gasteiger charge is 2.27. The maximum atomic E-state index is 12.5. The molecule has 0 amide bonds. The fraction of sp³-hybridized carbons (Fsp3) is 0.219. The SMILES string of the molecule is COCC(=O)c1ccc(-c2cc(OC)c(-c3ccc(OCc4ccccc4)c(OS(C)(=O)=O)c3)c(OS(C)(=O)=O)c2OC)cc1. The van der Waals surface area contributed by atoms with E-state index in [9.17, 15) is 21.6 Å². The lowest BCUT2D eigenvalue weighted by atomic mass is 9.95. The molecule has 0 saturated carbocycles. The van der Waals surface area contributed by atoms with Crippen molar-refractivity contribution in [3.05, 3.63) is 90.0 Å². The van der Waals surface area contributed by atoms with Crippen LogP contribution in [0.15, 0.2) is 78.9 Å². The van der Waals surface area contributed by atoms with Crippen LogP contribution in [0.3, 0.4) is 0 Å². The van der Waals surface area contributed by atoms with Gasteiger partial charge in [-0.3, -0.25) is 4.79 Å². The second-order valence-corrected chi connectivity index (χ2v) is 13.0. The van der Waals surface area contributed by atoms with Gasteiger partial charge in [-0.25, -0.2) is 0 Å². The van der Waals surface area contributed by atoms with E-state index in [4.69, 9.17) is 27.3 Å². The minimum Gasteiger partial charge on any atom is -0.496 e. The highest BCUT2D eigenvalue weighted by Crippen LogP contribution is 2.51. The van der Waals surface area contributed by atoms with Crippen molar-refractivity contribution in [2.45, 2.75) is 6.61 Å². The Morgan fingerprint density at radius 2 is 1.31 bits per heavy atom. The van der Waals surface area contributed by atoms with Gasteiger partial charge in [0.05, 0.1) is 32.3 Å². The Morgan fingerprint density at radius 1 is 0.667 bits per heavy atom. The molecular formula is C32H32O11S2. The Kier molecular flexibility index (Phi) is 10.4. The molecule has 0 aliphatic heterocycles. The molecule has 0 aromatic heterocycles. The van der Waals surface area contributed by atoms with E-state index in [0.717, 1.165) is 18.1 Å². The van der Waals surface area contributed by atoms with E-state index in [1.54, 1.807) is 36.4 Å². The minimum absolute atomic E-state index is 0.0437. The van der Waals surface area contributed by atoms with Gasteiger partial charge in [0.2, 0.25) is 0 Å². The summed E-state index contributed by atoms with van der Waals surface area (Å²) >= 11 is 0. The number of ketones is 1. The zero-order valence-corrected chi connectivity index (χ0v) is 26.9. The standard InChI is InChI=1S/C32H32O11S2/c1-38-20-26(33)23-13-11-22(12-14-23)25-18-29(39-2)30(32(31(25)40-3)43-45(5,36)37)24-15-16-27(28(17-24)42-44(4,34)35)41-19-21-9-7-6-8-10-21/h6-18H,19-20H2,1-5H3. The van der Waals surface area contributed by atoms with Crippen molar-refractivity contribution in [2.75, 3.05) is 40.4 Å². The molecule has 0 saturated heterocycles. The van der Waals surface area contributed by atoms with Crippen molar-refractivity contribution in [3.63, 3.8) is 0 Å². The first-order chi connectivity index (χ1) is 21.3. The molecule has 4 aromatic rings. The van der Waals surface area contributed by atoms with Gasteiger partial charge in [-0.2, -0.15) is 16.8 Å². The summed E-state index contributed by atoms with van der Waals surface area (Å²) in [5.74, 6) is -0.221. The van der Waals surface area contributed by atoms with Gasteiger partial charge in [-0.05, 0) is 34.9 Å². The first-order valence-electron chi connectivity index (χ1n) is 13.3. The van der Waals surface area contributed by atoms with Gasteiger partial charge in [-0.15, -0.1) is 0 Å². The molecule has 0 spiro atoms. The van der Waals surface area contributed by atoms with E-state index >= 15 is 0 Å². The molecule has 11 nitrogen and oxygen atoms in total. The summed E-state index contributed by atoms with van der Waals surface area (Å²) in [5, 5.41) is 0. The zero-order chi connectivity index (χ0) is 32.8. The normalized spacial score (nSPS) is 11.5. The van der Waals surface area contributed by atoms with Crippen LogP contribution in [0.1, 0.15) is 15.9 Å². The molecule has 0 aliphatic rings. The average molecular weight is 657 g/mol. The summed E-state index contributed by atoms with van der Waals surface area (Å²) in [5.41, 5.74) is 2.65. The topological polar surface area (TPSA) is 141 Å². The molecule has 0 atom stereocenters. The lowest BCUT2D eigenvalue weighted by molar-refractivity contribution is 0.0848. The van der Waals surface area contributed by atoms with Crippen molar-refractivity contribution in [2.24, 2.45) is 0 Å². The van der Waals surface area contributed by atoms with Crippen LogP contribution >= 0.6 is 0 Å². The van der Waals surface area contributed by atoms with E-state index in [-0.39, 0.29) is 58.9 Å². The van der Waals surface area contributed by atoms with Crippen molar-refractivity contribution >= 4 is 26.0 Å². The first kappa shape index (κ1) is 33.3. The smallest absolute Gasteiger partial charge is 0.306 e.